The first-order valence-corrected chi connectivity index (χ1v) is 11.3. The molecule has 0 saturated heterocycles. The largest absolute Gasteiger partial charge is 0.587 e. The lowest BCUT2D eigenvalue weighted by atomic mass is 10.1. The first-order chi connectivity index (χ1) is 13.5. The Kier molecular flexibility index (Phi) is 11.7. The van der Waals surface area contributed by atoms with E-state index in [2.05, 4.69) is 33.0 Å². The number of quaternary nitrogens is 1. The molecule has 0 unspecified atom stereocenters. The molecular formula is C24H40N2O2. The quantitative estimate of drug-likeness (QED) is 0.309. The minimum absolute atomic E-state index is 0.414. The lowest BCUT2D eigenvalue weighted by molar-refractivity contribution is -0.929. The van der Waals surface area contributed by atoms with Gasteiger partial charge in [-0.2, -0.15) is 0 Å². The van der Waals surface area contributed by atoms with Crippen LogP contribution in [0, 0.1) is 0 Å². The van der Waals surface area contributed by atoms with E-state index in [1.807, 2.05) is 0 Å². The maximum absolute atomic E-state index is 10.9. The molecule has 2 rings (SSSR count). The van der Waals surface area contributed by atoms with Crippen LogP contribution in [0.2, 0.25) is 0 Å². The van der Waals surface area contributed by atoms with Gasteiger partial charge in [-0.25, -0.2) is 0 Å². The highest BCUT2D eigenvalue weighted by molar-refractivity contribution is 6.33. The lowest BCUT2D eigenvalue weighted by Gasteiger charge is -2.39. The van der Waals surface area contributed by atoms with Gasteiger partial charge in [-0.3, -0.25) is 0 Å². The van der Waals surface area contributed by atoms with E-state index < -0.39 is 11.8 Å². The van der Waals surface area contributed by atoms with Gasteiger partial charge in [0.1, 0.15) is 0 Å². The third kappa shape index (κ3) is 7.75. The SMILES string of the molecule is CCCC[N+](CCCC)(CCCC)CCCC.O=C1[N-]C(=O)c2ccccc21. The summed E-state index contributed by atoms with van der Waals surface area (Å²) < 4.78 is 1.42. The van der Waals surface area contributed by atoms with Gasteiger partial charge in [0.05, 0.1) is 38.0 Å². The van der Waals surface area contributed by atoms with Crippen LogP contribution in [0.1, 0.15) is 99.8 Å². The molecule has 0 bridgehead atoms. The van der Waals surface area contributed by atoms with E-state index in [9.17, 15) is 9.59 Å². The lowest BCUT2D eigenvalue weighted by Crippen LogP contribution is -2.50. The molecule has 1 heterocycles. The molecule has 0 fully saturated rings. The van der Waals surface area contributed by atoms with Crippen molar-refractivity contribution < 1.29 is 14.1 Å². The molecule has 0 radical (unpaired) electrons. The molecule has 4 heteroatoms. The van der Waals surface area contributed by atoms with Crippen LogP contribution in [0.4, 0.5) is 0 Å². The number of fused-ring (bicyclic) bond motifs is 1. The van der Waals surface area contributed by atoms with Crippen molar-refractivity contribution in [2.75, 3.05) is 26.2 Å². The van der Waals surface area contributed by atoms with Crippen molar-refractivity contribution in [3.05, 3.63) is 40.7 Å². The standard InChI is InChI=1S/C16H36N.C8H5NO2/c1-5-9-13-17(14-10-6-2,15-11-7-3)16-12-8-4;10-7-5-3-1-2-4-6(5)8(11)9-7/h5-16H2,1-4H3;1-4H,(H,9,10,11)/q+1;/p-1. The minimum Gasteiger partial charge on any atom is -0.587 e. The molecule has 0 saturated carbocycles. The number of carbonyl (C=O) groups is 2. The van der Waals surface area contributed by atoms with Gasteiger partial charge in [-0.15, -0.1) is 0 Å². The Labute approximate surface area is 172 Å². The Morgan fingerprint density at radius 2 is 0.964 bits per heavy atom. The Hall–Kier alpha value is -1.68. The molecule has 4 nitrogen and oxygen atoms in total. The third-order valence-electron chi connectivity index (χ3n) is 5.54. The Bertz CT molecular complexity index is 528. The van der Waals surface area contributed by atoms with Gasteiger partial charge < -0.3 is 19.4 Å². The second-order valence-electron chi connectivity index (χ2n) is 7.92. The number of unbranched alkanes of at least 4 members (excludes halogenated alkanes) is 4. The fraction of sp³-hybridized carbons (Fsp3) is 0.667. The highest BCUT2D eigenvalue weighted by Gasteiger charge is 2.24. The summed E-state index contributed by atoms with van der Waals surface area (Å²) in [5, 5.41) is 3.28. The van der Waals surface area contributed by atoms with Crippen molar-refractivity contribution in [1.82, 2.24) is 0 Å². The number of carbonyl (C=O) groups excluding carboxylic acids is 2. The second-order valence-corrected chi connectivity index (χ2v) is 7.92. The maximum atomic E-state index is 10.9. The average Bonchev–Trinajstić information content (AvgIpc) is 3.01. The molecule has 158 valence electrons. The van der Waals surface area contributed by atoms with Crippen LogP contribution in [-0.2, 0) is 0 Å². The number of benzene rings is 1. The molecule has 1 aliphatic heterocycles. The van der Waals surface area contributed by atoms with Crippen LogP contribution < -0.4 is 0 Å². The van der Waals surface area contributed by atoms with Crippen LogP contribution >= 0.6 is 0 Å². The predicted octanol–water partition coefficient (Wildman–Crippen LogP) is 6.36. The summed E-state index contributed by atoms with van der Waals surface area (Å²) in [4.78, 5) is 21.8. The monoisotopic (exact) mass is 388 g/mol. The van der Waals surface area contributed by atoms with Gasteiger partial charge in [0.15, 0.2) is 0 Å². The number of hydrogen-bond acceptors (Lipinski definition) is 2. The van der Waals surface area contributed by atoms with Crippen LogP contribution in [0.25, 0.3) is 5.32 Å². The molecule has 0 aliphatic carbocycles. The summed E-state index contributed by atoms with van der Waals surface area (Å²) in [5.74, 6) is -0.851. The normalized spacial score (nSPS) is 13.0. The van der Waals surface area contributed by atoms with Crippen molar-refractivity contribution in [3.63, 3.8) is 0 Å². The molecule has 1 aromatic rings. The Morgan fingerprint density at radius 3 is 1.25 bits per heavy atom. The van der Waals surface area contributed by atoms with E-state index in [-0.39, 0.29) is 0 Å². The first-order valence-electron chi connectivity index (χ1n) is 11.3. The third-order valence-corrected chi connectivity index (χ3v) is 5.54. The molecule has 2 amide bonds. The van der Waals surface area contributed by atoms with E-state index >= 15 is 0 Å². The molecule has 0 spiro atoms. The molecule has 0 N–H and O–H groups in total. The predicted molar refractivity (Wildman–Crippen MR) is 118 cm³/mol. The molecule has 28 heavy (non-hydrogen) atoms. The first kappa shape index (κ1) is 24.4. The number of rotatable bonds is 12. The van der Waals surface area contributed by atoms with Gasteiger partial charge in [0, 0.05) is 11.1 Å². The fourth-order valence-corrected chi connectivity index (χ4v) is 3.71. The van der Waals surface area contributed by atoms with Crippen LogP contribution in [0.15, 0.2) is 24.3 Å². The zero-order valence-electron chi connectivity index (χ0n) is 18.5. The molecule has 1 aliphatic rings. The van der Waals surface area contributed by atoms with E-state index in [1.165, 1.54) is 82.0 Å². The van der Waals surface area contributed by atoms with Crippen LogP contribution in [0.3, 0.4) is 0 Å². The van der Waals surface area contributed by atoms with Gasteiger partial charge in [-0.05, 0) is 25.7 Å². The number of hydrogen-bond donors (Lipinski definition) is 0. The summed E-state index contributed by atoms with van der Waals surface area (Å²) in [6.45, 7) is 15.0. The minimum atomic E-state index is -0.425. The van der Waals surface area contributed by atoms with Gasteiger partial charge in [-0.1, -0.05) is 77.6 Å². The second kappa shape index (κ2) is 13.5. The zero-order valence-corrected chi connectivity index (χ0v) is 18.5. The van der Waals surface area contributed by atoms with E-state index in [0.717, 1.165) is 0 Å². The topological polar surface area (TPSA) is 48.2 Å². The summed E-state index contributed by atoms with van der Waals surface area (Å²) >= 11 is 0. The van der Waals surface area contributed by atoms with Crippen molar-refractivity contribution >= 4 is 11.8 Å². The number of nitrogens with zero attached hydrogens (tertiary/aromatic N) is 2. The van der Waals surface area contributed by atoms with E-state index in [4.69, 9.17) is 0 Å². The average molecular weight is 389 g/mol. The van der Waals surface area contributed by atoms with E-state index in [0.29, 0.717) is 11.1 Å². The van der Waals surface area contributed by atoms with Crippen molar-refractivity contribution in [1.29, 1.82) is 0 Å². The van der Waals surface area contributed by atoms with Gasteiger partial charge >= 0.3 is 0 Å². The molecular weight excluding hydrogens is 348 g/mol. The van der Waals surface area contributed by atoms with Crippen LogP contribution in [0.5, 0.6) is 0 Å². The Balaban J connectivity index is 0.000000302. The molecule has 1 aromatic carbocycles. The van der Waals surface area contributed by atoms with Gasteiger partial charge in [0.2, 0.25) is 0 Å². The van der Waals surface area contributed by atoms with Crippen molar-refractivity contribution in [3.8, 4) is 0 Å². The Morgan fingerprint density at radius 1 is 0.643 bits per heavy atom. The number of amides is 2. The summed E-state index contributed by atoms with van der Waals surface area (Å²) in [6, 6.07) is 6.63. The van der Waals surface area contributed by atoms with Gasteiger partial charge in [0.25, 0.3) is 0 Å². The smallest absolute Gasteiger partial charge is 0.0883 e. The molecule has 0 atom stereocenters. The molecule has 0 aromatic heterocycles. The van der Waals surface area contributed by atoms with E-state index in [1.54, 1.807) is 24.3 Å². The fourth-order valence-electron chi connectivity index (χ4n) is 3.71. The van der Waals surface area contributed by atoms with Crippen molar-refractivity contribution in [2.45, 2.75) is 79.1 Å². The maximum Gasteiger partial charge on any atom is 0.0883 e. The zero-order chi connectivity index (χ0) is 20.8. The summed E-state index contributed by atoms with van der Waals surface area (Å²) in [6.07, 6.45) is 11.1. The highest BCUT2D eigenvalue weighted by Crippen LogP contribution is 2.22. The van der Waals surface area contributed by atoms with Crippen LogP contribution in [-0.4, -0.2) is 42.5 Å². The highest BCUT2D eigenvalue weighted by atomic mass is 16.2. The summed E-state index contributed by atoms with van der Waals surface area (Å²) in [7, 11) is 0. The van der Waals surface area contributed by atoms with Crippen molar-refractivity contribution in [2.24, 2.45) is 0 Å². The number of imide groups is 1. The summed E-state index contributed by atoms with van der Waals surface area (Å²) in [5.41, 5.74) is 0.829.